The molecule has 25 heavy (non-hydrogen) atoms. The van der Waals surface area contributed by atoms with Gasteiger partial charge in [-0.25, -0.2) is 9.78 Å². The molecule has 0 unspecified atom stereocenters. The number of aryl methyl sites for hydroxylation is 3. The number of thiophene rings is 1. The number of hydrogen-bond donors (Lipinski definition) is 0. The van der Waals surface area contributed by atoms with Crippen molar-refractivity contribution in [1.29, 1.82) is 0 Å². The molecule has 0 aromatic carbocycles. The molecule has 0 saturated heterocycles. The standard InChI is InChI=1S/C19H20N2O3S/c1-4-5-14-8-16(25-13(14)3)19(23)24-11-15-9-18(22)21-10-12(2)6-7-17(21)20-15/h6-10H,4-5,11H2,1-3H3. The Morgan fingerprint density at radius 2 is 2.08 bits per heavy atom. The van der Waals surface area contributed by atoms with Crippen LogP contribution in [0.5, 0.6) is 0 Å². The number of carbonyl (C=O) groups is 1. The van der Waals surface area contributed by atoms with E-state index in [-0.39, 0.29) is 18.1 Å². The van der Waals surface area contributed by atoms with E-state index in [1.165, 1.54) is 27.4 Å². The second kappa shape index (κ2) is 7.19. The molecule has 0 atom stereocenters. The van der Waals surface area contributed by atoms with Crippen LogP contribution >= 0.6 is 11.3 Å². The lowest BCUT2D eigenvalue weighted by Gasteiger charge is -2.06. The molecule has 3 aromatic heterocycles. The van der Waals surface area contributed by atoms with E-state index in [9.17, 15) is 9.59 Å². The van der Waals surface area contributed by atoms with E-state index in [4.69, 9.17) is 4.74 Å². The topological polar surface area (TPSA) is 60.7 Å². The number of carbonyl (C=O) groups excluding carboxylic acids is 1. The molecule has 3 rings (SSSR count). The molecule has 0 amide bonds. The number of ether oxygens (including phenoxy) is 1. The number of aromatic nitrogens is 2. The predicted octanol–water partition coefficient (Wildman–Crippen LogP) is 3.68. The summed E-state index contributed by atoms with van der Waals surface area (Å²) in [6, 6.07) is 6.97. The molecule has 0 bridgehead atoms. The van der Waals surface area contributed by atoms with Crippen molar-refractivity contribution in [3.05, 3.63) is 67.4 Å². The summed E-state index contributed by atoms with van der Waals surface area (Å²) in [5.41, 5.74) is 2.98. The maximum absolute atomic E-state index is 12.3. The van der Waals surface area contributed by atoms with Crippen molar-refractivity contribution in [3.63, 3.8) is 0 Å². The Morgan fingerprint density at radius 3 is 2.84 bits per heavy atom. The van der Waals surface area contributed by atoms with Crippen LogP contribution in [0.2, 0.25) is 0 Å². The molecular formula is C19H20N2O3S. The van der Waals surface area contributed by atoms with E-state index >= 15 is 0 Å². The van der Waals surface area contributed by atoms with E-state index in [0.717, 1.165) is 23.3 Å². The van der Waals surface area contributed by atoms with Crippen molar-refractivity contribution in [1.82, 2.24) is 9.38 Å². The van der Waals surface area contributed by atoms with Gasteiger partial charge in [0.25, 0.3) is 5.56 Å². The average Bonchev–Trinajstić information content (AvgIpc) is 2.95. The van der Waals surface area contributed by atoms with E-state index in [0.29, 0.717) is 16.2 Å². The summed E-state index contributed by atoms with van der Waals surface area (Å²) in [7, 11) is 0. The van der Waals surface area contributed by atoms with Gasteiger partial charge < -0.3 is 4.74 Å². The summed E-state index contributed by atoms with van der Waals surface area (Å²) in [6.07, 6.45) is 3.73. The highest BCUT2D eigenvalue weighted by atomic mass is 32.1. The van der Waals surface area contributed by atoms with Crippen molar-refractivity contribution in [2.45, 2.75) is 40.2 Å². The van der Waals surface area contributed by atoms with E-state index < -0.39 is 0 Å². The lowest BCUT2D eigenvalue weighted by molar-refractivity contribution is 0.0473. The number of hydrogen-bond acceptors (Lipinski definition) is 5. The third-order valence-electron chi connectivity index (χ3n) is 3.95. The Morgan fingerprint density at radius 1 is 1.28 bits per heavy atom. The van der Waals surface area contributed by atoms with Crippen LogP contribution in [0.1, 0.15) is 44.7 Å². The molecule has 3 aromatic rings. The van der Waals surface area contributed by atoms with Crippen LogP contribution in [0.15, 0.2) is 35.3 Å². The molecule has 130 valence electrons. The number of rotatable bonds is 5. The lowest BCUT2D eigenvalue weighted by atomic mass is 10.1. The van der Waals surface area contributed by atoms with Gasteiger partial charge in [0.15, 0.2) is 0 Å². The van der Waals surface area contributed by atoms with E-state index in [1.54, 1.807) is 12.3 Å². The highest BCUT2D eigenvalue weighted by Gasteiger charge is 2.14. The molecule has 3 heterocycles. The fourth-order valence-electron chi connectivity index (χ4n) is 2.68. The summed E-state index contributed by atoms with van der Waals surface area (Å²) in [4.78, 5) is 30.5. The van der Waals surface area contributed by atoms with Gasteiger partial charge in [0.2, 0.25) is 0 Å². The SMILES string of the molecule is CCCc1cc(C(=O)OCc2cc(=O)n3cc(C)ccc3n2)sc1C. The number of fused-ring (bicyclic) bond motifs is 1. The first-order valence-electron chi connectivity index (χ1n) is 8.23. The van der Waals surface area contributed by atoms with Crippen LogP contribution in [-0.2, 0) is 17.8 Å². The minimum absolute atomic E-state index is 0.0154. The van der Waals surface area contributed by atoms with Gasteiger partial charge in [0.05, 0.1) is 5.69 Å². The third-order valence-corrected chi connectivity index (χ3v) is 5.03. The summed E-state index contributed by atoms with van der Waals surface area (Å²) < 4.78 is 6.84. The molecule has 0 aliphatic carbocycles. The Labute approximate surface area is 149 Å². The molecule has 6 heteroatoms. The maximum Gasteiger partial charge on any atom is 0.348 e. The number of nitrogens with zero attached hydrogens (tertiary/aromatic N) is 2. The van der Waals surface area contributed by atoms with Crippen LogP contribution in [-0.4, -0.2) is 15.4 Å². The van der Waals surface area contributed by atoms with Gasteiger partial charge in [-0.1, -0.05) is 19.4 Å². The number of pyridine rings is 1. The van der Waals surface area contributed by atoms with Gasteiger partial charge in [0, 0.05) is 17.1 Å². The summed E-state index contributed by atoms with van der Waals surface area (Å²) >= 11 is 1.44. The van der Waals surface area contributed by atoms with Gasteiger partial charge >= 0.3 is 5.97 Å². The van der Waals surface area contributed by atoms with Gasteiger partial charge in [-0.15, -0.1) is 11.3 Å². The third kappa shape index (κ3) is 3.79. The van der Waals surface area contributed by atoms with Gasteiger partial charge in [0.1, 0.15) is 17.1 Å². The number of esters is 1. The fourth-order valence-corrected chi connectivity index (χ4v) is 3.65. The first-order valence-corrected chi connectivity index (χ1v) is 9.05. The summed E-state index contributed by atoms with van der Waals surface area (Å²) in [6.45, 7) is 6.02. The molecule has 5 nitrogen and oxygen atoms in total. The second-order valence-corrected chi connectivity index (χ2v) is 7.29. The quantitative estimate of drug-likeness (QED) is 0.654. The van der Waals surface area contributed by atoms with Crippen LogP contribution in [0.3, 0.4) is 0 Å². The zero-order valence-electron chi connectivity index (χ0n) is 14.5. The first-order chi connectivity index (χ1) is 12.0. The minimum Gasteiger partial charge on any atom is -0.455 e. The molecule has 0 fully saturated rings. The van der Waals surface area contributed by atoms with Gasteiger partial charge in [-0.2, -0.15) is 0 Å². The van der Waals surface area contributed by atoms with Crippen molar-refractivity contribution in [3.8, 4) is 0 Å². The lowest BCUT2D eigenvalue weighted by Crippen LogP contribution is -2.16. The Hall–Kier alpha value is -2.47. The minimum atomic E-state index is -0.374. The summed E-state index contributed by atoms with van der Waals surface area (Å²) in [5, 5.41) is 0. The first kappa shape index (κ1) is 17.4. The van der Waals surface area contributed by atoms with Crippen molar-refractivity contribution >= 4 is 23.0 Å². The molecule has 0 aliphatic heterocycles. The molecular weight excluding hydrogens is 336 g/mol. The van der Waals surface area contributed by atoms with Crippen molar-refractivity contribution < 1.29 is 9.53 Å². The molecule has 0 saturated carbocycles. The van der Waals surface area contributed by atoms with Gasteiger partial charge in [-0.3, -0.25) is 9.20 Å². The smallest absolute Gasteiger partial charge is 0.348 e. The highest BCUT2D eigenvalue weighted by molar-refractivity contribution is 7.14. The average molecular weight is 356 g/mol. The highest BCUT2D eigenvalue weighted by Crippen LogP contribution is 2.23. The van der Waals surface area contributed by atoms with E-state index in [1.807, 2.05) is 26.0 Å². The Kier molecular flexibility index (Phi) is 4.99. The van der Waals surface area contributed by atoms with Crippen LogP contribution in [0.25, 0.3) is 5.65 Å². The van der Waals surface area contributed by atoms with Gasteiger partial charge in [-0.05, 0) is 43.5 Å². The van der Waals surface area contributed by atoms with Crippen LogP contribution in [0.4, 0.5) is 0 Å². The summed E-state index contributed by atoms with van der Waals surface area (Å²) in [5.74, 6) is -0.374. The normalized spacial score (nSPS) is 11.0. The Balaban J connectivity index is 1.76. The second-order valence-electron chi connectivity index (χ2n) is 6.04. The zero-order valence-corrected chi connectivity index (χ0v) is 15.4. The Bertz CT molecular complexity index is 988. The molecule has 0 N–H and O–H groups in total. The molecule has 0 aliphatic rings. The fraction of sp³-hybridized carbons (Fsp3) is 0.316. The zero-order chi connectivity index (χ0) is 18.0. The van der Waals surface area contributed by atoms with Crippen LogP contribution in [0, 0.1) is 13.8 Å². The van der Waals surface area contributed by atoms with E-state index in [2.05, 4.69) is 11.9 Å². The van der Waals surface area contributed by atoms with Crippen LogP contribution < -0.4 is 5.56 Å². The maximum atomic E-state index is 12.3. The largest absolute Gasteiger partial charge is 0.455 e. The van der Waals surface area contributed by atoms with Crippen molar-refractivity contribution in [2.75, 3.05) is 0 Å². The molecule has 0 radical (unpaired) electrons. The van der Waals surface area contributed by atoms with Crippen molar-refractivity contribution in [2.24, 2.45) is 0 Å². The monoisotopic (exact) mass is 356 g/mol. The predicted molar refractivity (Wildman–Crippen MR) is 98.4 cm³/mol. The molecule has 0 spiro atoms.